The van der Waals surface area contributed by atoms with Crippen LogP contribution < -0.4 is 5.32 Å². The lowest BCUT2D eigenvalue weighted by Crippen LogP contribution is -2.34. The van der Waals surface area contributed by atoms with Crippen molar-refractivity contribution in [2.75, 3.05) is 26.7 Å². The van der Waals surface area contributed by atoms with Crippen LogP contribution in [0.3, 0.4) is 0 Å². The molecular formula is C21H23ClN2O3. The highest BCUT2D eigenvalue weighted by Crippen LogP contribution is 2.43. The van der Waals surface area contributed by atoms with Crippen molar-refractivity contribution in [1.29, 1.82) is 0 Å². The number of esters is 1. The summed E-state index contributed by atoms with van der Waals surface area (Å²) < 4.78 is 4.72. The van der Waals surface area contributed by atoms with Gasteiger partial charge >= 0.3 is 5.97 Å². The molecule has 0 bridgehead atoms. The van der Waals surface area contributed by atoms with Crippen LogP contribution in [-0.2, 0) is 4.74 Å². The van der Waals surface area contributed by atoms with E-state index in [1.165, 1.54) is 12.7 Å². The van der Waals surface area contributed by atoms with Gasteiger partial charge in [0.1, 0.15) is 0 Å². The Morgan fingerprint density at radius 3 is 2.33 bits per heavy atom. The molecule has 4 rings (SSSR count). The molecule has 2 heterocycles. The number of ether oxygens (including phenoxy) is 1. The van der Waals surface area contributed by atoms with Crippen molar-refractivity contribution in [1.82, 2.24) is 10.2 Å². The van der Waals surface area contributed by atoms with Crippen LogP contribution >= 0.6 is 12.4 Å². The normalized spacial score (nSPS) is 23.4. The van der Waals surface area contributed by atoms with Crippen LogP contribution in [0.15, 0.2) is 54.6 Å². The Morgan fingerprint density at radius 1 is 1.00 bits per heavy atom. The summed E-state index contributed by atoms with van der Waals surface area (Å²) in [6, 6.07) is 17.1. The smallest absolute Gasteiger partial charge is 0.337 e. The minimum Gasteiger partial charge on any atom is -0.465 e. The molecule has 1 amide bonds. The van der Waals surface area contributed by atoms with E-state index >= 15 is 0 Å². The molecule has 1 N–H and O–H groups in total. The average Bonchev–Trinajstić information content (AvgIpc) is 3.28. The zero-order valence-electron chi connectivity index (χ0n) is 15.1. The highest BCUT2D eigenvalue weighted by atomic mass is 35.5. The Kier molecular flexibility index (Phi) is 5.82. The molecule has 5 nitrogen and oxygen atoms in total. The summed E-state index contributed by atoms with van der Waals surface area (Å²) in [6.45, 7) is 2.66. The second-order valence-corrected chi connectivity index (χ2v) is 6.96. The number of nitrogens with zero attached hydrogens (tertiary/aromatic N) is 1. The average molecular weight is 387 g/mol. The van der Waals surface area contributed by atoms with Crippen LogP contribution in [0.1, 0.15) is 32.3 Å². The maximum Gasteiger partial charge on any atom is 0.337 e. The first-order valence-electron chi connectivity index (χ1n) is 8.94. The number of likely N-dealkylation sites (tertiary alicyclic amines) is 1. The molecule has 2 aromatic rings. The monoisotopic (exact) mass is 386 g/mol. The Labute approximate surface area is 165 Å². The zero-order valence-corrected chi connectivity index (χ0v) is 15.9. The Balaban J connectivity index is 0.00000210. The molecule has 0 radical (unpaired) electrons. The first-order valence-corrected chi connectivity index (χ1v) is 8.94. The third-order valence-electron chi connectivity index (χ3n) is 5.52. The standard InChI is InChI=1S/C21H22N2O3.ClH/c1-26-21(25)16-9-7-15(8-10-16)20(24)23-13-17-11-22-12-18(17)19(23)14-5-3-2-4-6-14;/h2-10,17-19,22H,11-13H2,1H3;1H/t17-,18-,19-;/m0./s1. The highest BCUT2D eigenvalue weighted by molar-refractivity contribution is 5.96. The van der Waals surface area contributed by atoms with Crippen LogP contribution in [0.5, 0.6) is 0 Å². The second-order valence-electron chi connectivity index (χ2n) is 6.96. The number of amides is 1. The van der Waals surface area contributed by atoms with Gasteiger partial charge in [-0.1, -0.05) is 30.3 Å². The number of methoxy groups -OCH3 is 1. The van der Waals surface area contributed by atoms with Gasteiger partial charge < -0.3 is 15.0 Å². The molecule has 3 atom stereocenters. The number of hydrogen-bond acceptors (Lipinski definition) is 4. The highest BCUT2D eigenvalue weighted by Gasteiger charge is 2.46. The van der Waals surface area contributed by atoms with Crippen molar-refractivity contribution in [3.05, 3.63) is 71.3 Å². The van der Waals surface area contributed by atoms with Crippen LogP contribution in [-0.4, -0.2) is 43.5 Å². The van der Waals surface area contributed by atoms with Crippen LogP contribution in [0.25, 0.3) is 0 Å². The first kappa shape index (κ1) is 19.4. The fraction of sp³-hybridized carbons (Fsp3) is 0.333. The number of benzene rings is 2. The molecule has 2 aliphatic rings. The van der Waals surface area contributed by atoms with E-state index in [4.69, 9.17) is 4.74 Å². The Bertz CT molecular complexity index is 810. The van der Waals surface area contributed by atoms with E-state index in [2.05, 4.69) is 17.4 Å². The maximum absolute atomic E-state index is 13.2. The van der Waals surface area contributed by atoms with Crippen LogP contribution in [0, 0.1) is 11.8 Å². The first-order chi connectivity index (χ1) is 12.7. The molecule has 2 aliphatic heterocycles. The molecule has 27 heavy (non-hydrogen) atoms. The molecule has 2 fully saturated rings. The van der Waals surface area contributed by atoms with Crippen molar-refractivity contribution in [3.8, 4) is 0 Å². The maximum atomic E-state index is 13.2. The van der Waals surface area contributed by atoms with E-state index in [1.807, 2.05) is 23.1 Å². The third-order valence-corrected chi connectivity index (χ3v) is 5.52. The Hall–Kier alpha value is -2.37. The van der Waals surface area contributed by atoms with E-state index in [9.17, 15) is 9.59 Å². The van der Waals surface area contributed by atoms with Crippen molar-refractivity contribution in [2.45, 2.75) is 6.04 Å². The summed E-state index contributed by atoms with van der Waals surface area (Å²) in [6.07, 6.45) is 0. The number of fused-ring (bicyclic) bond motifs is 1. The van der Waals surface area contributed by atoms with Crippen molar-refractivity contribution >= 4 is 24.3 Å². The molecule has 0 aliphatic carbocycles. The molecule has 0 aromatic heterocycles. The summed E-state index contributed by atoms with van der Waals surface area (Å²) in [5.74, 6) is 0.548. The topological polar surface area (TPSA) is 58.6 Å². The van der Waals surface area contributed by atoms with Gasteiger partial charge in [-0.25, -0.2) is 4.79 Å². The number of halogens is 1. The number of nitrogens with one attached hydrogen (secondary N) is 1. The number of rotatable bonds is 3. The molecular weight excluding hydrogens is 364 g/mol. The van der Waals surface area contributed by atoms with Crippen LogP contribution in [0.4, 0.5) is 0 Å². The van der Waals surface area contributed by atoms with Crippen molar-refractivity contribution in [2.24, 2.45) is 11.8 Å². The summed E-state index contributed by atoms with van der Waals surface area (Å²) in [4.78, 5) is 26.8. The molecule has 0 spiro atoms. The van der Waals surface area contributed by atoms with Gasteiger partial charge in [-0.15, -0.1) is 12.4 Å². The van der Waals surface area contributed by atoms with Crippen molar-refractivity contribution in [3.63, 3.8) is 0 Å². The fourth-order valence-corrected chi connectivity index (χ4v) is 4.24. The van der Waals surface area contributed by atoms with Crippen LogP contribution in [0.2, 0.25) is 0 Å². The summed E-state index contributed by atoms with van der Waals surface area (Å²) in [5, 5.41) is 3.46. The minimum absolute atomic E-state index is 0. The van der Waals surface area contributed by atoms with E-state index in [0.717, 1.165) is 19.6 Å². The third kappa shape index (κ3) is 3.57. The Morgan fingerprint density at radius 2 is 1.67 bits per heavy atom. The molecule has 6 heteroatoms. The van der Waals surface area contributed by atoms with Gasteiger partial charge in [-0.2, -0.15) is 0 Å². The van der Waals surface area contributed by atoms with Gasteiger partial charge in [0, 0.05) is 31.1 Å². The summed E-state index contributed by atoms with van der Waals surface area (Å²) >= 11 is 0. The lowest BCUT2D eigenvalue weighted by atomic mass is 9.89. The predicted molar refractivity (Wildman–Crippen MR) is 105 cm³/mol. The lowest BCUT2D eigenvalue weighted by Gasteiger charge is -2.28. The van der Waals surface area contributed by atoms with Gasteiger partial charge in [0.2, 0.25) is 0 Å². The molecule has 0 saturated carbocycles. The SMILES string of the molecule is COC(=O)c1ccc(C(=O)N2C[C@@H]3CNC[C@@H]3[C@@H]2c2ccccc2)cc1.Cl. The van der Waals surface area contributed by atoms with Gasteiger partial charge in [-0.3, -0.25) is 4.79 Å². The van der Waals surface area contributed by atoms with Gasteiger partial charge in [0.05, 0.1) is 18.7 Å². The zero-order chi connectivity index (χ0) is 18.1. The number of carbonyl (C=O) groups excluding carboxylic acids is 2. The van der Waals surface area contributed by atoms with E-state index in [-0.39, 0.29) is 24.4 Å². The number of hydrogen-bond donors (Lipinski definition) is 1. The largest absolute Gasteiger partial charge is 0.465 e. The number of carbonyl (C=O) groups is 2. The molecule has 2 aromatic carbocycles. The fourth-order valence-electron chi connectivity index (χ4n) is 4.24. The summed E-state index contributed by atoms with van der Waals surface area (Å²) in [5.41, 5.74) is 2.24. The second kappa shape index (κ2) is 8.11. The molecule has 0 unspecified atom stereocenters. The minimum atomic E-state index is -0.395. The molecule has 142 valence electrons. The quantitative estimate of drug-likeness (QED) is 0.824. The van der Waals surface area contributed by atoms with Gasteiger partial charge in [-0.05, 0) is 35.7 Å². The lowest BCUT2D eigenvalue weighted by molar-refractivity contribution is 0.0599. The van der Waals surface area contributed by atoms with Gasteiger partial charge in [0.15, 0.2) is 0 Å². The van der Waals surface area contributed by atoms with E-state index < -0.39 is 5.97 Å². The summed E-state index contributed by atoms with van der Waals surface area (Å²) in [7, 11) is 1.35. The van der Waals surface area contributed by atoms with Gasteiger partial charge in [0.25, 0.3) is 5.91 Å². The van der Waals surface area contributed by atoms with Crippen molar-refractivity contribution < 1.29 is 14.3 Å². The van der Waals surface area contributed by atoms with E-state index in [0.29, 0.717) is 23.0 Å². The molecule has 2 saturated heterocycles. The predicted octanol–water partition coefficient (Wildman–Crippen LogP) is 2.93. The van der Waals surface area contributed by atoms with E-state index in [1.54, 1.807) is 24.3 Å².